The first-order valence-corrected chi connectivity index (χ1v) is 7.74. The molecule has 0 aromatic heterocycles. The molecule has 0 aromatic rings. The zero-order valence-corrected chi connectivity index (χ0v) is 14.1. The van der Waals surface area contributed by atoms with E-state index in [0.29, 0.717) is 25.3 Å². The summed E-state index contributed by atoms with van der Waals surface area (Å²) in [4.78, 5) is 23.2. The zero-order chi connectivity index (χ0) is 16.6. The summed E-state index contributed by atoms with van der Waals surface area (Å²) in [5, 5.41) is 12.0. The highest BCUT2D eigenvalue weighted by Gasteiger charge is 2.25. The molecular weight excluding hydrogens is 268 g/mol. The van der Waals surface area contributed by atoms with Crippen molar-refractivity contribution in [3.63, 3.8) is 0 Å². The van der Waals surface area contributed by atoms with E-state index in [2.05, 4.69) is 19.2 Å². The van der Waals surface area contributed by atoms with E-state index < -0.39 is 11.9 Å². The number of carboxylic acid groups (broad SMARTS) is 1. The maximum atomic E-state index is 11.9. The fraction of sp³-hybridized carbons (Fsp3) is 0.875. The Morgan fingerprint density at radius 1 is 1.24 bits per heavy atom. The minimum absolute atomic E-state index is 0.0782. The van der Waals surface area contributed by atoms with Gasteiger partial charge in [-0.05, 0) is 36.6 Å². The summed E-state index contributed by atoms with van der Waals surface area (Å²) in [5.74, 6) is -0.848. The molecule has 4 N–H and O–H groups in total. The largest absolute Gasteiger partial charge is 0.481 e. The second kappa shape index (κ2) is 9.03. The highest BCUT2D eigenvalue weighted by molar-refractivity contribution is 5.77. The molecule has 0 bridgehead atoms. The van der Waals surface area contributed by atoms with Crippen molar-refractivity contribution in [2.24, 2.45) is 28.9 Å². The summed E-state index contributed by atoms with van der Waals surface area (Å²) in [6.45, 7) is 10.9. The van der Waals surface area contributed by atoms with Gasteiger partial charge in [0, 0.05) is 13.0 Å². The van der Waals surface area contributed by atoms with Crippen LogP contribution in [0.5, 0.6) is 0 Å². The van der Waals surface area contributed by atoms with Crippen LogP contribution in [0.25, 0.3) is 0 Å². The van der Waals surface area contributed by atoms with Crippen molar-refractivity contribution >= 4 is 11.9 Å². The molecule has 0 aliphatic carbocycles. The molecule has 0 aliphatic rings. The number of carbonyl (C=O) groups excluding carboxylic acids is 1. The van der Waals surface area contributed by atoms with Gasteiger partial charge in [0.2, 0.25) is 5.91 Å². The van der Waals surface area contributed by atoms with Crippen LogP contribution in [-0.4, -0.2) is 30.1 Å². The molecule has 124 valence electrons. The number of aliphatic carboxylic acids is 1. The normalized spacial score (nSPS) is 14.8. The van der Waals surface area contributed by atoms with Crippen molar-refractivity contribution in [3.05, 3.63) is 0 Å². The van der Waals surface area contributed by atoms with Crippen LogP contribution < -0.4 is 11.1 Å². The maximum absolute atomic E-state index is 11.9. The summed E-state index contributed by atoms with van der Waals surface area (Å²) in [6.07, 6.45) is 1.82. The fourth-order valence-electron chi connectivity index (χ4n) is 2.49. The van der Waals surface area contributed by atoms with Gasteiger partial charge in [-0.3, -0.25) is 9.59 Å². The average Bonchev–Trinajstić information content (AvgIpc) is 2.31. The first-order valence-electron chi connectivity index (χ1n) is 7.74. The topological polar surface area (TPSA) is 92.4 Å². The average molecular weight is 300 g/mol. The highest BCUT2D eigenvalue weighted by atomic mass is 16.4. The number of rotatable bonds is 9. The molecule has 1 amide bonds. The van der Waals surface area contributed by atoms with E-state index in [4.69, 9.17) is 5.73 Å². The zero-order valence-electron chi connectivity index (χ0n) is 14.1. The molecule has 2 atom stereocenters. The third-order valence-electron chi connectivity index (χ3n) is 3.37. The smallest absolute Gasteiger partial charge is 0.308 e. The lowest BCUT2D eigenvalue weighted by atomic mass is 9.84. The van der Waals surface area contributed by atoms with Gasteiger partial charge in [0.15, 0.2) is 0 Å². The Hall–Kier alpha value is -1.10. The SMILES string of the molecule is CC(C)CC(CN)CC(=O)NCC(CC(C)(C)C)C(=O)O. The van der Waals surface area contributed by atoms with Gasteiger partial charge in [-0.15, -0.1) is 0 Å². The number of carboxylic acids is 1. The standard InChI is InChI=1S/C16H32N2O3/c1-11(2)6-12(9-17)7-14(19)18-10-13(15(20)21)8-16(3,4)5/h11-13H,6-10,17H2,1-5H3,(H,18,19)(H,20,21). The van der Waals surface area contributed by atoms with Crippen molar-refractivity contribution in [3.8, 4) is 0 Å². The Kier molecular flexibility index (Phi) is 8.55. The number of hydrogen-bond donors (Lipinski definition) is 3. The number of amides is 1. The molecule has 0 fully saturated rings. The predicted molar refractivity (Wildman–Crippen MR) is 84.8 cm³/mol. The van der Waals surface area contributed by atoms with Crippen molar-refractivity contribution in [1.82, 2.24) is 5.32 Å². The molecule has 0 aliphatic heterocycles. The molecule has 0 saturated carbocycles. The van der Waals surface area contributed by atoms with Gasteiger partial charge in [-0.1, -0.05) is 34.6 Å². The molecule has 5 nitrogen and oxygen atoms in total. The van der Waals surface area contributed by atoms with Crippen LogP contribution in [0.15, 0.2) is 0 Å². The third-order valence-corrected chi connectivity index (χ3v) is 3.37. The lowest BCUT2D eigenvalue weighted by Crippen LogP contribution is -2.36. The predicted octanol–water partition coefficient (Wildman–Crippen LogP) is 2.25. The van der Waals surface area contributed by atoms with Crippen LogP contribution in [0.2, 0.25) is 0 Å². The number of nitrogens with two attached hydrogens (primary N) is 1. The van der Waals surface area contributed by atoms with Crippen LogP contribution in [0.1, 0.15) is 53.9 Å². The third kappa shape index (κ3) is 10.3. The summed E-state index contributed by atoms with van der Waals surface area (Å²) < 4.78 is 0. The second-order valence-corrected chi connectivity index (χ2v) is 7.54. The van der Waals surface area contributed by atoms with Gasteiger partial charge >= 0.3 is 5.97 Å². The van der Waals surface area contributed by atoms with E-state index >= 15 is 0 Å². The van der Waals surface area contributed by atoms with Gasteiger partial charge in [-0.2, -0.15) is 0 Å². The van der Waals surface area contributed by atoms with E-state index in [1.54, 1.807) is 0 Å². The fourth-order valence-corrected chi connectivity index (χ4v) is 2.49. The molecule has 0 heterocycles. The molecule has 0 rings (SSSR count). The van der Waals surface area contributed by atoms with E-state index in [1.165, 1.54) is 0 Å². The molecule has 21 heavy (non-hydrogen) atoms. The van der Waals surface area contributed by atoms with E-state index in [0.717, 1.165) is 6.42 Å². The van der Waals surface area contributed by atoms with Crippen LogP contribution in [0.3, 0.4) is 0 Å². The minimum atomic E-state index is -0.859. The lowest BCUT2D eigenvalue weighted by molar-refractivity contribution is -0.142. The Morgan fingerprint density at radius 2 is 1.81 bits per heavy atom. The Balaban J connectivity index is 4.33. The molecular formula is C16H32N2O3. The Bertz CT molecular complexity index is 335. The van der Waals surface area contributed by atoms with Crippen LogP contribution in [-0.2, 0) is 9.59 Å². The lowest BCUT2D eigenvalue weighted by Gasteiger charge is -2.24. The quantitative estimate of drug-likeness (QED) is 0.609. The monoisotopic (exact) mass is 300 g/mol. The first kappa shape index (κ1) is 19.9. The summed E-state index contributed by atoms with van der Waals surface area (Å²) in [7, 11) is 0. The van der Waals surface area contributed by atoms with Crippen LogP contribution in [0, 0.1) is 23.2 Å². The van der Waals surface area contributed by atoms with Gasteiger partial charge in [0.05, 0.1) is 5.92 Å². The molecule has 0 aromatic carbocycles. The van der Waals surface area contributed by atoms with Gasteiger partial charge < -0.3 is 16.2 Å². The molecule has 0 radical (unpaired) electrons. The Labute approximate surface area is 128 Å². The minimum Gasteiger partial charge on any atom is -0.481 e. The van der Waals surface area contributed by atoms with Crippen LogP contribution in [0.4, 0.5) is 0 Å². The molecule has 5 heteroatoms. The van der Waals surface area contributed by atoms with Crippen molar-refractivity contribution in [1.29, 1.82) is 0 Å². The van der Waals surface area contributed by atoms with Crippen molar-refractivity contribution in [2.75, 3.05) is 13.1 Å². The van der Waals surface area contributed by atoms with Crippen molar-refractivity contribution < 1.29 is 14.7 Å². The van der Waals surface area contributed by atoms with Crippen molar-refractivity contribution in [2.45, 2.75) is 53.9 Å². The maximum Gasteiger partial charge on any atom is 0.308 e. The highest BCUT2D eigenvalue weighted by Crippen LogP contribution is 2.24. The van der Waals surface area contributed by atoms with E-state index in [-0.39, 0.29) is 23.8 Å². The summed E-state index contributed by atoms with van der Waals surface area (Å²) in [5.41, 5.74) is 5.60. The van der Waals surface area contributed by atoms with E-state index in [1.807, 2.05) is 20.8 Å². The van der Waals surface area contributed by atoms with Crippen LogP contribution >= 0.6 is 0 Å². The van der Waals surface area contributed by atoms with Gasteiger partial charge in [0.1, 0.15) is 0 Å². The summed E-state index contributed by atoms with van der Waals surface area (Å²) >= 11 is 0. The number of carbonyl (C=O) groups is 2. The molecule has 0 spiro atoms. The second-order valence-electron chi connectivity index (χ2n) is 7.54. The number of nitrogens with one attached hydrogen (secondary N) is 1. The molecule has 0 saturated heterocycles. The number of hydrogen-bond acceptors (Lipinski definition) is 3. The first-order chi connectivity index (χ1) is 9.55. The Morgan fingerprint density at radius 3 is 2.19 bits per heavy atom. The van der Waals surface area contributed by atoms with E-state index in [9.17, 15) is 14.7 Å². The van der Waals surface area contributed by atoms with Gasteiger partial charge in [-0.25, -0.2) is 0 Å². The molecule has 2 unspecified atom stereocenters. The summed E-state index contributed by atoms with van der Waals surface area (Å²) in [6, 6.07) is 0. The van der Waals surface area contributed by atoms with Gasteiger partial charge in [0.25, 0.3) is 0 Å².